The number of hydrogen-bond acceptors (Lipinski definition) is 3. The molecule has 0 amide bonds. The fraction of sp³-hybridized carbons (Fsp3) is 0.591. The minimum atomic E-state index is 0.322. The molecule has 0 bridgehead atoms. The van der Waals surface area contributed by atoms with Crippen molar-refractivity contribution in [1.29, 1.82) is 0 Å². The first-order valence-corrected chi connectivity index (χ1v) is 10.0. The third-order valence-electron chi connectivity index (χ3n) is 5.26. The standard InChI is InChI=1S/C22H31N3O/c1-16(2)8-14-21-23-24-22(25(21)19-10-11-19)15-13-20(26)12-9-18-7-5-4-6-17(18)3/h4-7,16,19H,8-15H2,1-3H3. The smallest absolute Gasteiger partial charge is 0.133 e. The minimum Gasteiger partial charge on any atom is -0.312 e. The summed E-state index contributed by atoms with van der Waals surface area (Å²) in [5, 5.41) is 8.85. The highest BCUT2D eigenvalue weighted by atomic mass is 16.1. The molecule has 0 aliphatic heterocycles. The largest absolute Gasteiger partial charge is 0.312 e. The molecule has 0 atom stereocenters. The van der Waals surface area contributed by atoms with Gasteiger partial charge < -0.3 is 4.57 Å². The maximum atomic E-state index is 12.4. The summed E-state index contributed by atoms with van der Waals surface area (Å²) in [7, 11) is 0. The van der Waals surface area contributed by atoms with Crippen LogP contribution in [0.15, 0.2) is 24.3 Å². The van der Waals surface area contributed by atoms with Crippen molar-refractivity contribution in [2.24, 2.45) is 5.92 Å². The molecule has 1 aliphatic carbocycles. The van der Waals surface area contributed by atoms with Crippen LogP contribution in [0.25, 0.3) is 0 Å². The van der Waals surface area contributed by atoms with Crippen molar-refractivity contribution < 1.29 is 4.79 Å². The van der Waals surface area contributed by atoms with Crippen LogP contribution in [0, 0.1) is 12.8 Å². The van der Waals surface area contributed by atoms with E-state index in [0.717, 1.165) is 37.3 Å². The fourth-order valence-corrected chi connectivity index (χ4v) is 3.41. The van der Waals surface area contributed by atoms with Crippen molar-refractivity contribution in [1.82, 2.24) is 14.8 Å². The number of carbonyl (C=O) groups excluding carboxylic acids is 1. The van der Waals surface area contributed by atoms with Gasteiger partial charge in [-0.25, -0.2) is 0 Å². The molecule has 0 spiro atoms. The number of benzene rings is 1. The molecular weight excluding hydrogens is 322 g/mol. The van der Waals surface area contributed by atoms with Gasteiger partial charge >= 0.3 is 0 Å². The number of Topliss-reactive ketones (excluding diaryl/α,β-unsaturated/α-hetero) is 1. The molecule has 1 aliphatic rings. The highest BCUT2D eigenvalue weighted by molar-refractivity contribution is 5.78. The summed E-state index contributed by atoms with van der Waals surface area (Å²) in [5.74, 6) is 3.12. The van der Waals surface area contributed by atoms with Gasteiger partial charge in [0.05, 0.1) is 0 Å². The predicted molar refractivity (Wildman–Crippen MR) is 104 cm³/mol. The second kappa shape index (κ2) is 8.61. The summed E-state index contributed by atoms with van der Waals surface area (Å²) in [6, 6.07) is 8.89. The lowest BCUT2D eigenvalue weighted by atomic mass is 10.0. The monoisotopic (exact) mass is 353 g/mol. The number of ketones is 1. The Labute approximate surface area is 157 Å². The highest BCUT2D eigenvalue weighted by Crippen LogP contribution is 2.37. The molecule has 2 aromatic rings. The van der Waals surface area contributed by atoms with E-state index >= 15 is 0 Å². The maximum absolute atomic E-state index is 12.4. The van der Waals surface area contributed by atoms with Gasteiger partial charge in [0.15, 0.2) is 0 Å². The van der Waals surface area contributed by atoms with Gasteiger partial charge in [-0.1, -0.05) is 38.1 Å². The van der Waals surface area contributed by atoms with Crippen LogP contribution < -0.4 is 0 Å². The number of hydrogen-bond donors (Lipinski definition) is 0. The lowest BCUT2D eigenvalue weighted by Gasteiger charge is -2.10. The molecule has 0 N–H and O–H groups in total. The van der Waals surface area contributed by atoms with Crippen molar-refractivity contribution in [3.63, 3.8) is 0 Å². The topological polar surface area (TPSA) is 47.8 Å². The third kappa shape index (κ3) is 5.03. The number of carbonyl (C=O) groups is 1. The Morgan fingerprint density at radius 2 is 1.73 bits per heavy atom. The molecule has 0 saturated heterocycles. The Morgan fingerprint density at radius 3 is 2.38 bits per heavy atom. The van der Waals surface area contributed by atoms with Gasteiger partial charge in [0.2, 0.25) is 0 Å². The van der Waals surface area contributed by atoms with Crippen LogP contribution in [-0.2, 0) is 24.1 Å². The zero-order valence-electron chi connectivity index (χ0n) is 16.4. The van der Waals surface area contributed by atoms with Crippen molar-refractivity contribution in [3.8, 4) is 0 Å². The number of aryl methyl sites for hydroxylation is 4. The molecule has 1 saturated carbocycles. The Balaban J connectivity index is 1.54. The Bertz CT molecular complexity index is 744. The lowest BCUT2D eigenvalue weighted by molar-refractivity contribution is -0.119. The average molecular weight is 354 g/mol. The van der Waals surface area contributed by atoms with Gasteiger partial charge in [-0.3, -0.25) is 4.79 Å². The minimum absolute atomic E-state index is 0.322. The van der Waals surface area contributed by atoms with Gasteiger partial charge in [0.25, 0.3) is 0 Å². The maximum Gasteiger partial charge on any atom is 0.133 e. The van der Waals surface area contributed by atoms with E-state index in [1.807, 2.05) is 12.1 Å². The van der Waals surface area contributed by atoms with Gasteiger partial charge in [0.1, 0.15) is 17.4 Å². The number of nitrogens with zero attached hydrogens (tertiary/aromatic N) is 3. The molecule has 0 unspecified atom stereocenters. The molecule has 1 heterocycles. The van der Waals surface area contributed by atoms with E-state index in [-0.39, 0.29) is 0 Å². The van der Waals surface area contributed by atoms with E-state index in [2.05, 4.69) is 47.7 Å². The third-order valence-corrected chi connectivity index (χ3v) is 5.26. The molecule has 140 valence electrons. The van der Waals surface area contributed by atoms with Crippen LogP contribution >= 0.6 is 0 Å². The van der Waals surface area contributed by atoms with E-state index in [0.29, 0.717) is 30.6 Å². The summed E-state index contributed by atoms with van der Waals surface area (Å²) in [6.45, 7) is 6.59. The molecule has 0 radical (unpaired) electrons. The van der Waals surface area contributed by atoms with Crippen LogP contribution in [0.5, 0.6) is 0 Å². The van der Waals surface area contributed by atoms with E-state index in [9.17, 15) is 4.79 Å². The quantitative estimate of drug-likeness (QED) is 0.625. The molecule has 4 heteroatoms. The average Bonchev–Trinajstić information content (AvgIpc) is 3.37. The summed E-state index contributed by atoms with van der Waals surface area (Å²) >= 11 is 0. The van der Waals surface area contributed by atoms with Crippen LogP contribution in [0.1, 0.15) is 74.8 Å². The second-order valence-corrected chi connectivity index (χ2v) is 8.03. The van der Waals surface area contributed by atoms with Crippen molar-refractivity contribution in [2.45, 2.75) is 78.2 Å². The molecule has 4 nitrogen and oxygen atoms in total. The zero-order chi connectivity index (χ0) is 18.5. The van der Waals surface area contributed by atoms with Gasteiger partial charge in [0, 0.05) is 31.7 Å². The van der Waals surface area contributed by atoms with E-state index in [1.165, 1.54) is 24.0 Å². The summed E-state index contributed by atoms with van der Waals surface area (Å²) < 4.78 is 2.33. The molecule has 1 fully saturated rings. The Morgan fingerprint density at radius 1 is 1.08 bits per heavy atom. The molecule has 3 rings (SSSR count). The zero-order valence-corrected chi connectivity index (χ0v) is 16.4. The van der Waals surface area contributed by atoms with E-state index in [4.69, 9.17) is 0 Å². The first kappa shape index (κ1) is 18.8. The number of rotatable bonds is 10. The highest BCUT2D eigenvalue weighted by Gasteiger charge is 2.29. The van der Waals surface area contributed by atoms with Crippen LogP contribution in [0.2, 0.25) is 0 Å². The second-order valence-electron chi connectivity index (χ2n) is 8.03. The summed E-state index contributed by atoms with van der Waals surface area (Å²) in [6.07, 6.45) is 7.31. The van der Waals surface area contributed by atoms with E-state index in [1.54, 1.807) is 0 Å². The van der Waals surface area contributed by atoms with Crippen LogP contribution in [-0.4, -0.2) is 20.5 Å². The van der Waals surface area contributed by atoms with Gasteiger partial charge in [-0.05, 0) is 49.7 Å². The van der Waals surface area contributed by atoms with E-state index < -0.39 is 0 Å². The van der Waals surface area contributed by atoms with Crippen molar-refractivity contribution in [3.05, 3.63) is 47.0 Å². The van der Waals surface area contributed by atoms with Crippen molar-refractivity contribution in [2.75, 3.05) is 0 Å². The molecule has 26 heavy (non-hydrogen) atoms. The number of aromatic nitrogens is 3. The van der Waals surface area contributed by atoms with Crippen LogP contribution in [0.3, 0.4) is 0 Å². The van der Waals surface area contributed by atoms with Gasteiger partial charge in [-0.15, -0.1) is 10.2 Å². The summed E-state index contributed by atoms with van der Waals surface area (Å²) in [5.41, 5.74) is 2.54. The Hall–Kier alpha value is -1.97. The van der Waals surface area contributed by atoms with Gasteiger partial charge in [-0.2, -0.15) is 0 Å². The lowest BCUT2D eigenvalue weighted by Crippen LogP contribution is -2.10. The SMILES string of the molecule is Cc1ccccc1CCC(=O)CCc1nnc(CCC(C)C)n1C1CC1. The Kier molecular flexibility index (Phi) is 6.23. The first-order chi connectivity index (χ1) is 12.5. The normalized spacial score (nSPS) is 14.2. The summed E-state index contributed by atoms with van der Waals surface area (Å²) in [4.78, 5) is 12.4. The predicted octanol–water partition coefficient (Wildman–Crippen LogP) is 4.64. The fourth-order valence-electron chi connectivity index (χ4n) is 3.41. The van der Waals surface area contributed by atoms with Crippen molar-refractivity contribution >= 4 is 5.78 Å². The molecule has 1 aromatic carbocycles. The molecule has 1 aromatic heterocycles. The first-order valence-electron chi connectivity index (χ1n) is 10.0. The van der Waals surface area contributed by atoms with Crippen LogP contribution in [0.4, 0.5) is 0 Å². The molecular formula is C22H31N3O.